The highest BCUT2D eigenvalue weighted by molar-refractivity contribution is 6.05. The van der Waals surface area contributed by atoms with E-state index in [9.17, 15) is 4.79 Å². The first-order chi connectivity index (χ1) is 19.8. The number of carbonyl (C=O) groups is 1. The number of carbonyl (C=O) groups excluding carboxylic acids is 1. The van der Waals surface area contributed by atoms with Crippen LogP contribution in [0, 0.1) is 0 Å². The standard InChI is InChI=1S/C34H37N5O2/c1-34(2,3)41-33(40)39-18-6-9-29(39)32-36-27-17-15-25-19-24(14-16-26(25)30(27)38-32)21-10-12-22(13-11-21)28-20-35-31(37-28)23-7-4-5-8-23/h10-17,19-20,23,29H,4-9,18H2,1-3H3,(H,35,37)(H,36,38)/t29-/m0/s1. The predicted molar refractivity (Wildman–Crippen MR) is 163 cm³/mol. The molecule has 0 spiro atoms. The largest absolute Gasteiger partial charge is 0.444 e. The number of ether oxygens (including phenoxy) is 1. The third-order valence-corrected chi connectivity index (χ3v) is 8.55. The Balaban J connectivity index is 1.14. The predicted octanol–water partition coefficient (Wildman–Crippen LogP) is 8.50. The van der Waals surface area contributed by atoms with Crippen LogP contribution in [-0.2, 0) is 4.74 Å². The second-order valence-corrected chi connectivity index (χ2v) is 12.6. The first kappa shape index (κ1) is 25.8. The van der Waals surface area contributed by atoms with Gasteiger partial charge in [0, 0.05) is 17.8 Å². The van der Waals surface area contributed by atoms with Crippen LogP contribution in [0.25, 0.3) is 44.2 Å². The minimum atomic E-state index is -0.524. The summed E-state index contributed by atoms with van der Waals surface area (Å²) in [5, 5.41) is 2.28. The van der Waals surface area contributed by atoms with Gasteiger partial charge < -0.3 is 14.7 Å². The molecule has 0 unspecified atom stereocenters. The molecule has 7 nitrogen and oxygen atoms in total. The molecule has 1 atom stereocenters. The summed E-state index contributed by atoms with van der Waals surface area (Å²) in [6.45, 7) is 6.38. The number of fused-ring (bicyclic) bond motifs is 3. The Kier molecular flexibility index (Phi) is 6.33. The van der Waals surface area contributed by atoms with E-state index in [1.54, 1.807) is 0 Å². The number of nitrogens with one attached hydrogen (secondary N) is 2. The number of aromatic amines is 2. The van der Waals surface area contributed by atoms with Gasteiger partial charge in [0.2, 0.25) is 0 Å². The van der Waals surface area contributed by atoms with Gasteiger partial charge in [-0.05, 0) is 80.7 Å². The van der Waals surface area contributed by atoms with Crippen LogP contribution in [0.5, 0.6) is 0 Å². The Bertz CT molecular complexity index is 1720. The van der Waals surface area contributed by atoms with Crippen LogP contribution >= 0.6 is 0 Å². The molecule has 7 rings (SSSR count). The van der Waals surface area contributed by atoms with E-state index < -0.39 is 5.60 Å². The lowest BCUT2D eigenvalue weighted by atomic mass is 9.99. The van der Waals surface area contributed by atoms with Crippen molar-refractivity contribution in [3.63, 3.8) is 0 Å². The Morgan fingerprint density at radius 2 is 1.63 bits per heavy atom. The van der Waals surface area contributed by atoms with Gasteiger partial charge in [0.25, 0.3) is 0 Å². The third kappa shape index (κ3) is 4.98. The molecule has 41 heavy (non-hydrogen) atoms. The van der Waals surface area contributed by atoms with E-state index >= 15 is 0 Å². The van der Waals surface area contributed by atoms with Crippen LogP contribution < -0.4 is 0 Å². The maximum Gasteiger partial charge on any atom is 0.410 e. The second-order valence-electron chi connectivity index (χ2n) is 12.6. The van der Waals surface area contributed by atoms with Crippen molar-refractivity contribution in [2.24, 2.45) is 0 Å². The fourth-order valence-electron chi connectivity index (χ4n) is 6.49. The Morgan fingerprint density at radius 3 is 2.41 bits per heavy atom. The van der Waals surface area contributed by atoms with Crippen LogP contribution in [0.15, 0.2) is 60.8 Å². The van der Waals surface area contributed by atoms with Crippen molar-refractivity contribution in [3.05, 3.63) is 72.4 Å². The molecule has 0 bridgehead atoms. The molecule has 1 saturated heterocycles. The number of imidazole rings is 2. The van der Waals surface area contributed by atoms with Crippen LogP contribution in [0.4, 0.5) is 4.79 Å². The second kappa shape index (κ2) is 10.1. The number of benzene rings is 3. The number of aromatic nitrogens is 4. The lowest BCUT2D eigenvalue weighted by Crippen LogP contribution is -2.36. The van der Waals surface area contributed by atoms with Gasteiger partial charge in [0.15, 0.2) is 0 Å². The summed E-state index contributed by atoms with van der Waals surface area (Å²) in [7, 11) is 0. The maximum absolute atomic E-state index is 12.9. The van der Waals surface area contributed by atoms with Crippen LogP contribution in [0.3, 0.4) is 0 Å². The van der Waals surface area contributed by atoms with Gasteiger partial charge in [0.05, 0.1) is 29.0 Å². The molecule has 0 radical (unpaired) electrons. The average Bonchev–Trinajstić information content (AvgIpc) is 3.77. The first-order valence-corrected chi connectivity index (χ1v) is 14.9. The lowest BCUT2D eigenvalue weighted by molar-refractivity contribution is 0.0219. The molecule has 1 aliphatic heterocycles. The fourth-order valence-corrected chi connectivity index (χ4v) is 6.49. The Labute approximate surface area is 240 Å². The molecule has 210 valence electrons. The molecule has 3 heterocycles. The molecule has 1 aliphatic carbocycles. The van der Waals surface area contributed by atoms with Crippen molar-refractivity contribution in [1.82, 2.24) is 24.8 Å². The fraction of sp³-hybridized carbons (Fsp3) is 0.382. The average molecular weight is 548 g/mol. The van der Waals surface area contributed by atoms with E-state index in [0.717, 1.165) is 57.6 Å². The molecule has 7 heteroatoms. The molecular weight excluding hydrogens is 510 g/mol. The zero-order valence-corrected chi connectivity index (χ0v) is 24.0. The summed E-state index contributed by atoms with van der Waals surface area (Å²) >= 11 is 0. The topological polar surface area (TPSA) is 86.9 Å². The highest BCUT2D eigenvalue weighted by Gasteiger charge is 2.35. The number of hydrogen-bond donors (Lipinski definition) is 2. The van der Waals surface area contributed by atoms with Gasteiger partial charge in [-0.1, -0.05) is 55.3 Å². The molecule has 2 aliphatic rings. The molecule has 2 fully saturated rings. The van der Waals surface area contributed by atoms with Crippen molar-refractivity contribution in [2.45, 2.75) is 76.9 Å². The molecule has 1 amide bonds. The highest BCUT2D eigenvalue weighted by atomic mass is 16.6. The SMILES string of the molecule is CC(C)(C)OC(=O)N1CCC[C@H]1c1nc2ccc3cc(-c4ccc(-c5cnc(C6CCCC6)[nH]5)cc4)ccc3c2[nH]1. The summed E-state index contributed by atoms with van der Waals surface area (Å²) in [5.41, 5.74) is 5.99. The summed E-state index contributed by atoms with van der Waals surface area (Å²) < 4.78 is 5.67. The van der Waals surface area contributed by atoms with Crippen molar-refractivity contribution in [1.29, 1.82) is 0 Å². The normalized spacial score (nSPS) is 18.1. The van der Waals surface area contributed by atoms with E-state index in [4.69, 9.17) is 9.72 Å². The summed E-state index contributed by atoms with van der Waals surface area (Å²) in [6.07, 6.45) is 8.60. The number of rotatable bonds is 4. The Morgan fingerprint density at radius 1 is 0.878 bits per heavy atom. The number of amides is 1. The first-order valence-electron chi connectivity index (χ1n) is 14.9. The van der Waals surface area contributed by atoms with Crippen molar-refractivity contribution in [2.75, 3.05) is 6.54 Å². The monoisotopic (exact) mass is 547 g/mol. The van der Waals surface area contributed by atoms with Gasteiger partial charge in [0.1, 0.15) is 17.2 Å². The van der Waals surface area contributed by atoms with Crippen LogP contribution in [0.1, 0.15) is 82.9 Å². The zero-order valence-electron chi connectivity index (χ0n) is 24.0. The van der Waals surface area contributed by atoms with Gasteiger partial charge in [-0.2, -0.15) is 0 Å². The quantitative estimate of drug-likeness (QED) is 0.236. The summed E-state index contributed by atoms with van der Waals surface area (Å²) in [5.74, 6) is 2.54. The number of H-pyrrole nitrogens is 2. The van der Waals surface area contributed by atoms with Crippen molar-refractivity contribution >= 4 is 27.9 Å². The lowest BCUT2D eigenvalue weighted by Gasteiger charge is -2.27. The van der Waals surface area contributed by atoms with E-state index in [0.29, 0.717) is 12.5 Å². The maximum atomic E-state index is 12.9. The van der Waals surface area contributed by atoms with Crippen molar-refractivity contribution in [3.8, 4) is 22.4 Å². The molecule has 2 aromatic heterocycles. The third-order valence-electron chi connectivity index (χ3n) is 8.55. The van der Waals surface area contributed by atoms with Gasteiger partial charge in [-0.25, -0.2) is 14.8 Å². The van der Waals surface area contributed by atoms with E-state index in [1.165, 1.54) is 36.8 Å². The highest BCUT2D eigenvalue weighted by Crippen LogP contribution is 2.36. The Hall–Kier alpha value is -4.13. The van der Waals surface area contributed by atoms with E-state index in [1.807, 2.05) is 31.9 Å². The number of nitrogens with zero attached hydrogens (tertiary/aromatic N) is 3. The smallest absolute Gasteiger partial charge is 0.410 e. The molecule has 2 N–H and O–H groups in total. The van der Waals surface area contributed by atoms with Gasteiger partial charge >= 0.3 is 6.09 Å². The van der Waals surface area contributed by atoms with E-state index in [-0.39, 0.29) is 12.1 Å². The number of hydrogen-bond acceptors (Lipinski definition) is 4. The molecular formula is C34H37N5O2. The van der Waals surface area contributed by atoms with Crippen molar-refractivity contribution < 1.29 is 9.53 Å². The minimum absolute atomic E-state index is 0.103. The summed E-state index contributed by atoms with van der Waals surface area (Å²) in [4.78, 5) is 31.4. The molecule has 3 aromatic carbocycles. The molecule has 5 aromatic rings. The molecule has 1 saturated carbocycles. The van der Waals surface area contributed by atoms with Gasteiger partial charge in [-0.3, -0.25) is 4.90 Å². The zero-order chi connectivity index (χ0) is 28.1. The van der Waals surface area contributed by atoms with Crippen LogP contribution in [0.2, 0.25) is 0 Å². The van der Waals surface area contributed by atoms with E-state index in [2.05, 4.69) is 69.5 Å². The summed E-state index contributed by atoms with van der Waals surface area (Å²) in [6, 6.07) is 19.4. The minimum Gasteiger partial charge on any atom is -0.444 e. The van der Waals surface area contributed by atoms with Gasteiger partial charge in [-0.15, -0.1) is 0 Å². The number of likely N-dealkylation sites (tertiary alicyclic amines) is 1. The van der Waals surface area contributed by atoms with Crippen LogP contribution in [-0.4, -0.2) is 43.1 Å².